The molecule has 0 fully saturated rings. The van der Waals surface area contributed by atoms with Crippen molar-refractivity contribution in [1.29, 1.82) is 0 Å². The fourth-order valence-corrected chi connectivity index (χ4v) is 1.71. The zero-order valence-corrected chi connectivity index (χ0v) is 12.2. The fourth-order valence-electron chi connectivity index (χ4n) is 1.71. The second-order valence-corrected chi connectivity index (χ2v) is 4.49. The Bertz CT molecular complexity index is 641. The number of benzene rings is 2. The molecule has 0 aliphatic carbocycles. The van der Waals surface area contributed by atoms with Crippen LogP contribution in [0.15, 0.2) is 54.6 Å². The first-order valence-corrected chi connectivity index (χ1v) is 6.86. The van der Waals surface area contributed by atoms with Crippen molar-refractivity contribution in [2.45, 2.75) is 6.61 Å². The lowest BCUT2D eigenvalue weighted by atomic mass is 10.2. The molecule has 0 saturated carbocycles. The maximum absolute atomic E-state index is 11.4. The first-order valence-electron chi connectivity index (χ1n) is 6.86. The Kier molecular flexibility index (Phi) is 6.07. The van der Waals surface area contributed by atoms with E-state index in [0.29, 0.717) is 6.61 Å². The number of nitro groups is 1. The molecule has 0 N–H and O–H groups in total. The normalized spacial score (nSPS) is 10.1. The minimum atomic E-state index is -0.887. The van der Waals surface area contributed by atoms with Crippen LogP contribution < -0.4 is 4.74 Å². The largest absolute Gasteiger partial charge is 0.513 e. The van der Waals surface area contributed by atoms with Crippen molar-refractivity contribution in [1.82, 2.24) is 0 Å². The van der Waals surface area contributed by atoms with E-state index in [0.717, 1.165) is 5.56 Å². The summed E-state index contributed by atoms with van der Waals surface area (Å²) in [4.78, 5) is 21.4. The molecule has 2 aromatic carbocycles. The van der Waals surface area contributed by atoms with Crippen molar-refractivity contribution in [2.24, 2.45) is 0 Å². The Hall–Kier alpha value is -2.93. The molecule has 0 bridgehead atoms. The summed E-state index contributed by atoms with van der Waals surface area (Å²) < 4.78 is 15.1. The van der Waals surface area contributed by atoms with Crippen LogP contribution >= 0.6 is 0 Å². The summed E-state index contributed by atoms with van der Waals surface area (Å²) in [5, 5.41) is 10.5. The van der Waals surface area contributed by atoms with Gasteiger partial charge >= 0.3 is 6.16 Å². The highest BCUT2D eigenvalue weighted by atomic mass is 16.7. The number of hydrogen-bond donors (Lipinski definition) is 0. The third kappa shape index (κ3) is 5.76. The van der Waals surface area contributed by atoms with E-state index in [4.69, 9.17) is 14.2 Å². The number of carbonyl (C=O) groups is 1. The third-order valence-electron chi connectivity index (χ3n) is 2.81. The third-order valence-corrected chi connectivity index (χ3v) is 2.81. The molecule has 0 spiro atoms. The molecule has 2 aromatic rings. The van der Waals surface area contributed by atoms with Crippen molar-refractivity contribution >= 4 is 11.8 Å². The molecule has 0 aromatic heterocycles. The van der Waals surface area contributed by atoms with Crippen molar-refractivity contribution in [3.8, 4) is 5.75 Å². The Morgan fingerprint density at radius 1 is 1.00 bits per heavy atom. The standard InChI is InChI=1S/C16H15NO6/c18-16(23-15-8-6-14(7-9-15)17(19)20)22-11-10-21-12-13-4-2-1-3-5-13/h1-9H,10-12H2. The lowest BCUT2D eigenvalue weighted by Gasteiger charge is -2.06. The average Bonchev–Trinajstić information content (AvgIpc) is 2.56. The van der Waals surface area contributed by atoms with Crippen LogP contribution in [-0.4, -0.2) is 24.3 Å². The summed E-state index contributed by atoms with van der Waals surface area (Å²) in [6.07, 6.45) is -0.887. The lowest BCUT2D eigenvalue weighted by Crippen LogP contribution is -2.14. The van der Waals surface area contributed by atoms with Crippen LogP contribution in [0.1, 0.15) is 5.56 Å². The molecule has 23 heavy (non-hydrogen) atoms. The zero-order valence-electron chi connectivity index (χ0n) is 12.2. The summed E-state index contributed by atoms with van der Waals surface area (Å²) in [5.41, 5.74) is 0.945. The smallest absolute Gasteiger partial charge is 0.432 e. The summed E-state index contributed by atoms with van der Waals surface area (Å²) in [6.45, 7) is 0.727. The van der Waals surface area contributed by atoms with Gasteiger partial charge in [0, 0.05) is 12.1 Å². The predicted molar refractivity (Wildman–Crippen MR) is 81.2 cm³/mol. The molecule has 0 aliphatic rings. The van der Waals surface area contributed by atoms with Gasteiger partial charge in [-0.25, -0.2) is 4.79 Å². The van der Waals surface area contributed by atoms with E-state index in [9.17, 15) is 14.9 Å². The van der Waals surface area contributed by atoms with Gasteiger partial charge in [0.2, 0.25) is 0 Å². The number of carbonyl (C=O) groups excluding carboxylic acids is 1. The topological polar surface area (TPSA) is 87.9 Å². The van der Waals surface area contributed by atoms with Crippen LogP contribution in [0.5, 0.6) is 5.75 Å². The Balaban J connectivity index is 1.64. The molecule has 0 unspecified atom stereocenters. The Labute approximate surface area is 132 Å². The predicted octanol–water partition coefficient (Wildman–Crippen LogP) is 3.33. The van der Waals surface area contributed by atoms with Gasteiger partial charge in [0.15, 0.2) is 0 Å². The van der Waals surface area contributed by atoms with Crippen LogP contribution in [0.25, 0.3) is 0 Å². The van der Waals surface area contributed by atoms with Crippen LogP contribution in [0.2, 0.25) is 0 Å². The second kappa shape index (κ2) is 8.50. The van der Waals surface area contributed by atoms with Crippen molar-refractivity contribution in [3.63, 3.8) is 0 Å². The number of hydrogen-bond acceptors (Lipinski definition) is 6. The number of non-ortho nitro benzene ring substituents is 1. The van der Waals surface area contributed by atoms with Gasteiger partial charge in [-0.05, 0) is 17.7 Å². The number of ether oxygens (including phenoxy) is 3. The van der Waals surface area contributed by atoms with Crippen LogP contribution in [0, 0.1) is 10.1 Å². The zero-order chi connectivity index (χ0) is 16.5. The first-order chi connectivity index (χ1) is 11.1. The minimum Gasteiger partial charge on any atom is -0.432 e. The average molecular weight is 317 g/mol. The van der Waals surface area contributed by atoms with Crippen molar-refractivity contribution in [3.05, 3.63) is 70.3 Å². The molecule has 0 saturated heterocycles. The molecular formula is C16H15NO6. The van der Waals surface area contributed by atoms with Crippen LogP contribution in [-0.2, 0) is 16.1 Å². The summed E-state index contributed by atoms with van der Waals surface area (Å²) in [6, 6.07) is 14.7. The molecule has 0 heterocycles. The monoisotopic (exact) mass is 317 g/mol. The number of nitrogens with zero attached hydrogens (tertiary/aromatic N) is 1. The molecule has 0 radical (unpaired) electrons. The van der Waals surface area contributed by atoms with Crippen molar-refractivity contribution in [2.75, 3.05) is 13.2 Å². The molecular weight excluding hydrogens is 302 g/mol. The van der Waals surface area contributed by atoms with Gasteiger partial charge in [0.25, 0.3) is 5.69 Å². The molecule has 2 rings (SSSR count). The first kappa shape index (κ1) is 16.4. The van der Waals surface area contributed by atoms with E-state index in [1.807, 2.05) is 30.3 Å². The van der Waals surface area contributed by atoms with Gasteiger partial charge in [-0.3, -0.25) is 10.1 Å². The van der Waals surface area contributed by atoms with Crippen LogP contribution in [0.3, 0.4) is 0 Å². The van der Waals surface area contributed by atoms with Gasteiger partial charge in [0.05, 0.1) is 18.1 Å². The van der Waals surface area contributed by atoms with Gasteiger partial charge in [-0.1, -0.05) is 30.3 Å². The fraction of sp³-hybridized carbons (Fsp3) is 0.188. The van der Waals surface area contributed by atoms with E-state index >= 15 is 0 Å². The molecule has 120 valence electrons. The van der Waals surface area contributed by atoms with Gasteiger partial charge in [-0.2, -0.15) is 0 Å². The lowest BCUT2D eigenvalue weighted by molar-refractivity contribution is -0.384. The van der Waals surface area contributed by atoms with E-state index in [2.05, 4.69) is 0 Å². The minimum absolute atomic E-state index is 0.0542. The van der Waals surface area contributed by atoms with Crippen LogP contribution in [0.4, 0.5) is 10.5 Å². The van der Waals surface area contributed by atoms with E-state index in [-0.39, 0.29) is 24.7 Å². The molecule has 0 aliphatic heterocycles. The second-order valence-electron chi connectivity index (χ2n) is 4.49. The molecule has 7 nitrogen and oxygen atoms in total. The summed E-state index contributed by atoms with van der Waals surface area (Å²) in [5.74, 6) is 0.172. The SMILES string of the molecule is O=C(OCCOCc1ccccc1)Oc1ccc([N+](=O)[O-])cc1. The van der Waals surface area contributed by atoms with E-state index in [1.165, 1.54) is 24.3 Å². The molecule has 0 amide bonds. The number of nitro benzene ring substituents is 1. The summed E-state index contributed by atoms with van der Waals surface area (Å²) in [7, 11) is 0. The van der Waals surface area contributed by atoms with Gasteiger partial charge in [-0.15, -0.1) is 0 Å². The summed E-state index contributed by atoms with van der Waals surface area (Å²) >= 11 is 0. The maximum Gasteiger partial charge on any atom is 0.513 e. The van der Waals surface area contributed by atoms with Gasteiger partial charge < -0.3 is 14.2 Å². The highest BCUT2D eigenvalue weighted by Gasteiger charge is 2.09. The Morgan fingerprint density at radius 3 is 2.35 bits per heavy atom. The van der Waals surface area contributed by atoms with Gasteiger partial charge in [0.1, 0.15) is 12.4 Å². The maximum atomic E-state index is 11.4. The van der Waals surface area contributed by atoms with Crippen molar-refractivity contribution < 1.29 is 23.9 Å². The van der Waals surface area contributed by atoms with E-state index < -0.39 is 11.1 Å². The quantitative estimate of drug-likeness (QED) is 0.256. The highest BCUT2D eigenvalue weighted by Crippen LogP contribution is 2.17. The van der Waals surface area contributed by atoms with E-state index in [1.54, 1.807) is 0 Å². The molecule has 7 heteroatoms. The Morgan fingerprint density at radius 2 is 1.70 bits per heavy atom. The number of rotatable bonds is 7. The highest BCUT2D eigenvalue weighted by molar-refractivity contribution is 5.63. The molecule has 0 atom stereocenters.